The second-order valence-electron chi connectivity index (χ2n) is 6.67. The smallest absolute Gasteiger partial charge is 0.255 e. The lowest BCUT2D eigenvalue weighted by Gasteiger charge is -2.09. The molecule has 4 rings (SSSR count). The maximum atomic E-state index is 13.4. The number of nitrogens with zero attached hydrogens (tertiary/aromatic N) is 2. The molecule has 0 aliphatic heterocycles. The molecule has 1 amide bonds. The molecule has 1 aromatic heterocycles. The quantitative estimate of drug-likeness (QED) is 0.513. The standard InChI is InChI=1S/C24H20FN3O2/c1-30-22-10-6-5-9-21(22)24(29)26-15-18-16-28(20-7-3-2-4-8-20)27-23(18)17-11-13-19(25)14-12-17/h2-14,16H,15H2,1H3,(H,26,29). The third-order valence-electron chi connectivity index (χ3n) is 4.72. The summed E-state index contributed by atoms with van der Waals surface area (Å²) in [6.45, 7) is 0.260. The molecule has 0 fully saturated rings. The molecule has 0 spiro atoms. The molecule has 5 nitrogen and oxygen atoms in total. The highest BCUT2D eigenvalue weighted by atomic mass is 19.1. The number of hydrogen-bond acceptors (Lipinski definition) is 3. The van der Waals surface area contributed by atoms with E-state index in [1.165, 1.54) is 19.2 Å². The van der Waals surface area contributed by atoms with Crippen molar-refractivity contribution in [2.75, 3.05) is 7.11 Å². The van der Waals surface area contributed by atoms with Gasteiger partial charge in [0.1, 0.15) is 11.6 Å². The van der Waals surface area contributed by atoms with Gasteiger partial charge < -0.3 is 10.1 Å². The zero-order valence-corrected chi connectivity index (χ0v) is 16.4. The molecule has 0 saturated heterocycles. The van der Waals surface area contributed by atoms with Gasteiger partial charge in [-0.05, 0) is 48.5 Å². The summed E-state index contributed by atoms with van der Waals surface area (Å²) >= 11 is 0. The molecule has 0 radical (unpaired) electrons. The van der Waals surface area contributed by atoms with Gasteiger partial charge in [0, 0.05) is 23.9 Å². The van der Waals surface area contributed by atoms with Crippen molar-refractivity contribution < 1.29 is 13.9 Å². The highest BCUT2D eigenvalue weighted by Gasteiger charge is 2.16. The van der Waals surface area contributed by atoms with E-state index in [0.29, 0.717) is 17.0 Å². The number of hydrogen-bond donors (Lipinski definition) is 1. The fourth-order valence-corrected chi connectivity index (χ4v) is 3.21. The minimum absolute atomic E-state index is 0.245. The van der Waals surface area contributed by atoms with Crippen molar-refractivity contribution >= 4 is 5.91 Å². The molecule has 1 heterocycles. The fourth-order valence-electron chi connectivity index (χ4n) is 3.21. The molecule has 3 aromatic carbocycles. The van der Waals surface area contributed by atoms with Crippen molar-refractivity contribution in [2.24, 2.45) is 0 Å². The number of carbonyl (C=O) groups is 1. The van der Waals surface area contributed by atoms with Crippen LogP contribution in [0.4, 0.5) is 4.39 Å². The lowest BCUT2D eigenvalue weighted by atomic mass is 10.1. The van der Waals surface area contributed by atoms with Crippen LogP contribution in [0.2, 0.25) is 0 Å². The normalized spacial score (nSPS) is 10.6. The van der Waals surface area contributed by atoms with E-state index in [2.05, 4.69) is 10.4 Å². The SMILES string of the molecule is COc1ccccc1C(=O)NCc1cn(-c2ccccc2)nc1-c1ccc(F)cc1. The van der Waals surface area contributed by atoms with Gasteiger partial charge in [-0.25, -0.2) is 9.07 Å². The largest absolute Gasteiger partial charge is 0.496 e. The van der Waals surface area contributed by atoms with Crippen molar-refractivity contribution in [3.63, 3.8) is 0 Å². The maximum Gasteiger partial charge on any atom is 0.255 e. The molecule has 4 aromatic rings. The fraction of sp³-hybridized carbons (Fsp3) is 0.0833. The Morgan fingerprint density at radius 1 is 1.00 bits per heavy atom. The zero-order chi connectivity index (χ0) is 20.9. The first-order chi connectivity index (χ1) is 14.7. The summed E-state index contributed by atoms with van der Waals surface area (Å²) in [5.41, 5.74) is 3.61. The maximum absolute atomic E-state index is 13.4. The van der Waals surface area contributed by atoms with Crippen molar-refractivity contribution in [1.29, 1.82) is 0 Å². The molecule has 0 bridgehead atoms. The Kier molecular flexibility index (Phi) is 5.57. The number of nitrogens with one attached hydrogen (secondary N) is 1. The number of ether oxygens (including phenoxy) is 1. The van der Waals surface area contributed by atoms with Crippen LogP contribution in [0, 0.1) is 5.82 Å². The number of rotatable bonds is 6. The first-order valence-corrected chi connectivity index (χ1v) is 9.47. The van der Waals surface area contributed by atoms with Gasteiger partial charge in [0.05, 0.1) is 24.1 Å². The molecule has 0 unspecified atom stereocenters. The van der Waals surface area contributed by atoms with Crippen LogP contribution in [0.15, 0.2) is 85.1 Å². The second-order valence-corrected chi connectivity index (χ2v) is 6.67. The summed E-state index contributed by atoms with van der Waals surface area (Å²) in [5.74, 6) is -0.0500. The van der Waals surface area contributed by atoms with Crippen LogP contribution in [0.5, 0.6) is 5.75 Å². The van der Waals surface area contributed by atoms with Crippen LogP contribution in [-0.4, -0.2) is 22.8 Å². The summed E-state index contributed by atoms with van der Waals surface area (Å²) < 4.78 is 20.4. The Morgan fingerprint density at radius 2 is 1.70 bits per heavy atom. The van der Waals surface area contributed by atoms with Gasteiger partial charge in [-0.3, -0.25) is 4.79 Å². The second kappa shape index (κ2) is 8.61. The van der Waals surface area contributed by atoms with Gasteiger partial charge in [-0.2, -0.15) is 5.10 Å². The molecule has 0 aliphatic carbocycles. The highest BCUT2D eigenvalue weighted by Crippen LogP contribution is 2.24. The van der Waals surface area contributed by atoms with Crippen molar-refractivity contribution in [3.05, 3.63) is 102 Å². The lowest BCUT2D eigenvalue weighted by molar-refractivity contribution is 0.0948. The third kappa shape index (κ3) is 4.07. The van der Waals surface area contributed by atoms with Crippen LogP contribution in [0.1, 0.15) is 15.9 Å². The summed E-state index contributed by atoms with van der Waals surface area (Å²) in [6.07, 6.45) is 1.87. The van der Waals surface area contributed by atoms with E-state index in [1.807, 2.05) is 42.6 Å². The average molecular weight is 401 g/mol. The Bertz CT molecular complexity index is 1150. The monoisotopic (exact) mass is 401 g/mol. The average Bonchev–Trinajstić information content (AvgIpc) is 3.23. The van der Waals surface area contributed by atoms with Gasteiger partial charge in [0.25, 0.3) is 5.91 Å². The van der Waals surface area contributed by atoms with Crippen LogP contribution in [0.25, 0.3) is 16.9 Å². The molecular weight excluding hydrogens is 381 g/mol. The molecule has 1 N–H and O–H groups in total. The Morgan fingerprint density at radius 3 is 2.43 bits per heavy atom. The Labute approximate surface area is 173 Å². The minimum Gasteiger partial charge on any atom is -0.496 e. The van der Waals surface area contributed by atoms with Crippen LogP contribution < -0.4 is 10.1 Å². The van der Waals surface area contributed by atoms with Crippen molar-refractivity contribution in [3.8, 4) is 22.7 Å². The topological polar surface area (TPSA) is 56.1 Å². The number of methoxy groups -OCH3 is 1. The highest BCUT2D eigenvalue weighted by molar-refractivity contribution is 5.96. The van der Waals surface area contributed by atoms with Gasteiger partial charge in [0.15, 0.2) is 0 Å². The number of halogens is 1. The van der Waals surface area contributed by atoms with Gasteiger partial charge in [0.2, 0.25) is 0 Å². The number of carbonyl (C=O) groups excluding carboxylic acids is 1. The molecule has 150 valence electrons. The third-order valence-corrected chi connectivity index (χ3v) is 4.72. The van der Waals surface area contributed by atoms with Crippen molar-refractivity contribution in [2.45, 2.75) is 6.54 Å². The first kappa shape index (κ1) is 19.4. The van der Waals surface area contributed by atoms with E-state index in [1.54, 1.807) is 35.0 Å². The van der Waals surface area contributed by atoms with Gasteiger partial charge in [-0.1, -0.05) is 30.3 Å². The van der Waals surface area contributed by atoms with E-state index in [9.17, 15) is 9.18 Å². The molecular formula is C24H20FN3O2. The Balaban J connectivity index is 1.65. The lowest BCUT2D eigenvalue weighted by Crippen LogP contribution is -2.23. The summed E-state index contributed by atoms with van der Waals surface area (Å²) in [5, 5.41) is 7.61. The molecule has 30 heavy (non-hydrogen) atoms. The molecule has 0 saturated carbocycles. The summed E-state index contributed by atoms with van der Waals surface area (Å²) in [7, 11) is 1.53. The van der Waals surface area contributed by atoms with Crippen LogP contribution in [-0.2, 0) is 6.54 Å². The number of aromatic nitrogens is 2. The van der Waals surface area contributed by atoms with Gasteiger partial charge >= 0.3 is 0 Å². The van der Waals surface area contributed by atoms with E-state index in [4.69, 9.17) is 4.74 Å². The number of para-hydroxylation sites is 2. The molecule has 0 aliphatic rings. The summed E-state index contributed by atoms with van der Waals surface area (Å²) in [6, 6.07) is 22.9. The van der Waals surface area contributed by atoms with Gasteiger partial charge in [-0.15, -0.1) is 0 Å². The van der Waals surface area contributed by atoms with E-state index in [0.717, 1.165) is 16.8 Å². The molecule has 6 heteroatoms. The zero-order valence-electron chi connectivity index (χ0n) is 16.4. The van der Waals surface area contributed by atoms with E-state index >= 15 is 0 Å². The van der Waals surface area contributed by atoms with E-state index < -0.39 is 0 Å². The predicted molar refractivity (Wildman–Crippen MR) is 113 cm³/mol. The summed E-state index contributed by atoms with van der Waals surface area (Å²) in [4.78, 5) is 12.7. The minimum atomic E-state index is -0.313. The van der Waals surface area contributed by atoms with Crippen LogP contribution >= 0.6 is 0 Å². The van der Waals surface area contributed by atoms with Crippen LogP contribution in [0.3, 0.4) is 0 Å². The number of benzene rings is 3. The van der Waals surface area contributed by atoms with E-state index in [-0.39, 0.29) is 18.3 Å². The Hall–Kier alpha value is -3.93. The van der Waals surface area contributed by atoms with Crippen molar-refractivity contribution in [1.82, 2.24) is 15.1 Å². The first-order valence-electron chi connectivity index (χ1n) is 9.47. The number of amides is 1. The predicted octanol–water partition coefficient (Wildman–Crippen LogP) is 4.62. The molecule has 0 atom stereocenters.